The maximum Gasteiger partial charge on any atom is 0.317 e. The zero-order valence-corrected chi connectivity index (χ0v) is 13.3. The summed E-state index contributed by atoms with van der Waals surface area (Å²) in [7, 11) is 3.30. The SMILES string of the molecule is COc1ccccc1C(CC(C)C)NC(=O)N(C)CCO. The van der Waals surface area contributed by atoms with Gasteiger partial charge in [-0.15, -0.1) is 0 Å². The van der Waals surface area contributed by atoms with Crippen LogP contribution in [0, 0.1) is 5.92 Å². The van der Waals surface area contributed by atoms with E-state index in [-0.39, 0.29) is 18.7 Å². The van der Waals surface area contributed by atoms with Crippen LogP contribution >= 0.6 is 0 Å². The Kier molecular flexibility index (Phi) is 7.02. The highest BCUT2D eigenvalue weighted by atomic mass is 16.5. The largest absolute Gasteiger partial charge is 0.496 e. The molecule has 118 valence electrons. The van der Waals surface area contributed by atoms with Crippen LogP contribution < -0.4 is 10.1 Å². The van der Waals surface area contributed by atoms with E-state index in [0.717, 1.165) is 17.7 Å². The highest BCUT2D eigenvalue weighted by Gasteiger charge is 2.21. The number of aliphatic hydroxyl groups excluding tert-OH is 1. The molecule has 0 aliphatic rings. The third-order valence-corrected chi connectivity index (χ3v) is 3.30. The number of aliphatic hydroxyl groups is 1. The van der Waals surface area contributed by atoms with Gasteiger partial charge in [0.1, 0.15) is 5.75 Å². The van der Waals surface area contributed by atoms with Gasteiger partial charge in [-0.1, -0.05) is 32.0 Å². The molecule has 0 heterocycles. The topological polar surface area (TPSA) is 61.8 Å². The van der Waals surface area contributed by atoms with E-state index in [1.54, 1.807) is 14.2 Å². The second-order valence-electron chi connectivity index (χ2n) is 5.52. The Morgan fingerprint density at radius 2 is 2.05 bits per heavy atom. The van der Waals surface area contributed by atoms with Crippen molar-refractivity contribution in [3.8, 4) is 5.75 Å². The van der Waals surface area contributed by atoms with Gasteiger partial charge in [0.2, 0.25) is 0 Å². The summed E-state index contributed by atoms with van der Waals surface area (Å²) in [5.41, 5.74) is 0.972. The summed E-state index contributed by atoms with van der Waals surface area (Å²) < 4.78 is 5.39. The molecule has 0 radical (unpaired) electrons. The summed E-state index contributed by atoms with van der Waals surface area (Å²) >= 11 is 0. The number of hydrogen-bond donors (Lipinski definition) is 2. The predicted molar refractivity (Wildman–Crippen MR) is 83.4 cm³/mol. The van der Waals surface area contributed by atoms with Gasteiger partial charge in [-0.05, 0) is 18.4 Å². The first kappa shape index (κ1) is 17.3. The van der Waals surface area contributed by atoms with E-state index in [9.17, 15) is 4.79 Å². The number of carbonyl (C=O) groups is 1. The number of rotatable bonds is 7. The lowest BCUT2D eigenvalue weighted by Gasteiger charge is -2.26. The summed E-state index contributed by atoms with van der Waals surface area (Å²) in [6.45, 7) is 4.50. The molecule has 0 aliphatic carbocycles. The van der Waals surface area contributed by atoms with Gasteiger partial charge in [0.15, 0.2) is 0 Å². The molecule has 5 nitrogen and oxygen atoms in total. The van der Waals surface area contributed by atoms with Crippen molar-refractivity contribution in [1.82, 2.24) is 10.2 Å². The van der Waals surface area contributed by atoms with Crippen LogP contribution in [0.4, 0.5) is 4.79 Å². The number of methoxy groups -OCH3 is 1. The maximum atomic E-state index is 12.2. The highest BCUT2D eigenvalue weighted by molar-refractivity contribution is 5.74. The molecule has 0 aromatic heterocycles. The van der Waals surface area contributed by atoms with Gasteiger partial charge in [-0.3, -0.25) is 0 Å². The van der Waals surface area contributed by atoms with Crippen molar-refractivity contribution in [3.05, 3.63) is 29.8 Å². The number of nitrogens with one attached hydrogen (secondary N) is 1. The fourth-order valence-corrected chi connectivity index (χ4v) is 2.20. The Hall–Kier alpha value is -1.75. The standard InChI is InChI=1S/C16H26N2O3/c1-12(2)11-14(17-16(20)18(3)9-10-19)13-7-5-6-8-15(13)21-4/h5-8,12,14,19H,9-11H2,1-4H3,(H,17,20). The molecular weight excluding hydrogens is 268 g/mol. The molecule has 0 aliphatic heterocycles. The first-order valence-corrected chi connectivity index (χ1v) is 7.25. The number of nitrogens with zero attached hydrogens (tertiary/aromatic N) is 1. The van der Waals surface area contributed by atoms with Crippen molar-refractivity contribution >= 4 is 6.03 Å². The minimum Gasteiger partial charge on any atom is -0.496 e. The molecule has 0 spiro atoms. The Morgan fingerprint density at radius 3 is 2.62 bits per heavy atom. The minimum atomic E-state index is -0.194. The van der Waals surface area contributed by atoms with Gasteiger partial charge in [-0.25, -0.2) is 4.79 Å². The summed E-state index contributed by atoms with van der Waals surface area (Å²) in [6.07, 6.45) is 0.819. The fraction of sp³-hybridized carbons (Fsp3) is 0.562. The average molecular weight is 294 g/mol. The van der Waals surface area contributed by atoms with E-state index >= 15 is 0 Å². The van der Waals surface area contributed by atoms with Gasteiger partial charge >= 0.3 is 6.03 Å². The molecule has 1 aromatic carbocycles. The number of benzene rings is 1. The molecule has 2 N–H and O–H groups in total. The van der Waals surface area contributed by atoms with E-state index in [1.807, 2.05) is 24.3 Å². The van der Waals surface area contributed by atoms with Crippen molar-refractivity contribution < 1.29 is 14.6 Å². The summed E-state index contributed by atoms with van der Waals surface area (Å²) in [6, 6.07) is 7.41. The number of urea groups is 1. The monoisotopic (exact) mass is 294 g/mol. The lowest BCUT2D eigenvalue weighted by Crippen LogP contribution is -2.41. The average Bonchev–Trinajstić information content (AvgIpc) is 2.46. The van der Waals surface area contributed by atoms with E-state index in [0.29, 0.717) is 12.5 Å². The number of carbonyl (C=O) groups excluding carboxylic acids is 1. The van der Waals surface area contributed by atoms with Crippen molar-refractivity contribution in [2.45, 2.75) is 26.3 Å². The number of hydrogen-bond acceptors (Lipinski definition) is 3. The zero-order valence-electron chi connectivity index (χ0n) is 13.3. The van der Waals surface area contributed by atoms with E-state index in [1.165, 1.54) is 4.90 Å². The molecule has 21 heavy (non-hydrogen) atoms. The number of amides is 2. The van der Waals surface area contributed by atoms with Gasteiger partial charge in [0.05, 0.1) is 19.8 Å². The molecule has 5 heteroatoms. The summed E-state index contributed by atoms with van der Waals surface area (Å²) in [4.78, 5) is 13.6. The molecule has 1 aromatic rings. The van der Waals surface area contributed by atoms with Crippen molar-refractivity contribution in [1.29, 1.82) is 0 Å². The Balaban J connectivity index is 2.92. The lowest BCUT2D eigenvalue weighted by molar-refractivity contribution is 0.185. The quantitative estimate of drug-likeness (QED) is 0.812. The van der Waals surface area contributed by atoms with Crippen LogP contribution in [0.3, 0.4) is 0 Å². The minimum absolute atomic E-state index is 0.0482. The lowest BCUT2D eigenvalue weighted by atomic mass is 9.96. The summed E-state index contributed by atoms with van der Waals surface area (Å²) in [5, 5.41) is 11.9. The maximum absolute atomic E-state index is 12.2. The Labute approximate surface area is 126 Å². The molecular formula is C16H26N2O3. The van der Waals surface area contributed by atoms with Gasteiger partial charge in [0, 0.05) is 19.2 Å². The first-order valence-electron chi connectivity index (χ1n) is 7.25. The van der Waals surface area contributed by atoms with Gasteiger partial charge in [0.25, 0.3) is 0 Å². The van der Waals surface area contributed by atoms with Crippen molar-refractivity contribution in [2.75, 3.05) is 27.3 Å². The van der Waals surface area contributed by atoms with Crippen LogP contribution in [0.2, 0.25) is 0 Å². The second-order valence-corrected chi connectivity index (χ2v) is 5.52. The Morgan fingerprint density at radius 1 is 1.38 bits per heavy atom. The molecule has 0 saturated heterocycles. The Bertz CT molecular complexity index is 449. The smallest absolute Gasteiger partial charge is 0.317 e. The van der Waals surface area contributed by atoms with E-state index in [2.05, 4.69) is 19.2 Å². The van der Waals surface area contributed by atoms with E-state index < -0.39 is 0 Å². The van der Waals surface area contributed by atoms with Crippen molar-refractivity contribution in [3.63, 3.8) is 0 Å². The van der Waals surface area contributed by atoms with Crippen LogP contribution in [0.15, 0.2) is 24.3 Å². The fourth-order valence-electron chi connectivity index (χ4n) is 2.20. The molecule has 0 bridgehead atoms. The second kappa shape index (κ2) is 8.52. The van der Waals surface area contributed by atoms with E-state index in [4.69, 9.17) is 9.84 Å². The highest BCUT2D eigenvalue weighted by Crippen LogP contribution is 2.29. The summed E-state index contributed by atoms with van der Waals surface area (Å²) in [5.74, 6) is 1.21. The molecule has 2 amide bonds. The molecule has 1 atom stereocenters. The van der Waals surface area contributed by atoms with Crippen LogP contribution in [-0.4, -0.2) is 43.3 Å². The van der Waals surface area contributed by atoms with Crippen LogP contribution in [-0.2, 0) is 0 Å². The normalized spacial score (nSPS) is 12.1. The first-order chi connectivity index (χ1) is 9.99. The zero-order chi connectivity index (χ0) is 15.8. The van der Waals surface area contributed by atoms with Gasteiger partial charge in [-0.2, -0.15) is 0 Å². The molecule has 1 rings (SSSR count). The third kappa shape index (κ3) is 5.27. The third-order valence-electron chi connectivity index (χ3n) is 3.30. The molecule has 0 saturated carbocycles. The van der Waals surface area contributed by atoms with Crippen LogP contribution in [0.5, 0.6) is 5.75 Å². The number of likely N-dealkylation sites (N-methyl/N-ethyl adjacent to an activating group) is 1. The predicted octanol–water partition coefficient (Wildman–Crippen LogP) is 2.42. The van der Waals surface area contributed by atoms with Crippen molar-refractivity contribution in [2.24, 2.45) is 5.92 Å². The number of para-hydroxylation sites is 1. The molecule has 0 fully saturated rings. The van der Waals surface area contributed by atoms with Crippen LogP contribution in [0.25, 0.3) is 0 Å². The number of ether oxygens (including phenoxy) is 1. The van der Waals surface area contributed by atoms with Crippen LogP contribution in [0.1, 0.15) is 31.9 Å². The molecule has 1 unspecified atom stereocenters. The van der Waals surface area contributed by atoms with Gasteiger partial charge < -0.3 is 20.1 Å².